The summed E-state index contributed by atoms with van der Waals surface area (Å²) in [4.78, 5) is 11.9. The molecule has 118 valence electrons. The number of anilines is 1. The van der Waals surface area contributed by atoms with E-state index in [2.05, 4.69) is 10.6 Å². The van der Waals surface area contributed by atoms with E-state index in [4.69, 9.17) is 9.47 Å². The maximum Gasteiger partial charge on any atom is 0.319 e. The molecule has 0 bridgehead atoms. The highest BCUT2D eigenvalue weighted by Gasteiger charge is 2.21. The van der Waals surface area contributed by atoms with Gasteiger partial charge in [-0.3, -0.25) is 0 Å². The van der Waals surface area contributed by atoms with Crippen LogP contribution in [0, 0.1) is 0 Å². The summed E-state index contributed by atoms with van der Waals surface area (Å²) in [5, 5.41) is 15.4. The molecule has 0 heterocycles. The summed E-state index contributed by atoms with van der Waals surface area (Å²) in [6, 6.07) is 6.80. The average Bonchev–Trinajstić information content (AvgIpc) is 2.46. The predicted octanol–water partition coefficient (Wildman–Crippen LogP) is 1.99. The summed E-state index contributed by atoms with van der Waals surface area (Å²) >= 11 is 0. The first-order chi connectivity index (χ1) is 9.98. The maximum atomic E-state index is 11.9. The van der Waals surface area contributed by atoms with Gasteiger partial charge < -0.3 is 25.2 Å². The highest BCUT2D eigenvalue weighted by atomic mass is 16.5. The van der Waals surface area contributed by atoms with Gasteiger partial charge in [0.15, 0.2) is 0 Å². The minimum absolute atomic E-state index is 0.138. The van der Waals surface area contributed by atoms with Crippen LogP contribution >= 0.6 is 0 Å². The fourth-order valence-electron chi connectivity index (χ4n) is 1.70. The van der Waals surface area contributed by atoms with Crippen LogP contribution in [0.5, 0.6) is 5.75 Å². The Hall–Kier alpha value is -1.79. The number of amides is 2. The molecule has 0 saturated carbocycles. The number of ether oxygens (including phenoxy) is 2. The topological polar surface area (TPSA) is 79.8 Å². The summed E-state index contributed by atoms with van der Waals surface area (Å²) in [7, 11) is 1.57. The number of para-hydroxylation sites is 2. The lowest BCUT2D eigenvalue weighted by atomic mass is 10.0. The summed E-state index contributed by atoms with van der Waals surface area (Å²) in [5.41, 5.74) is -0.416. The zero-order valence-corrected chi connectivity index (χ0v) is 12.8. The van der Waals surface area contributed by atoms with Crippen molar-refractivity contribution < 1.29 is 19.4 Å². The van der Waals surface area contributed by atoms with Gasteiger partial charge >= 0.3 is 6.03 Å². The molecule has 6 nitrogen and oxygen atoms in total. The van der Waals surface area contributed by atoms with Crippen LogP contribution in [0.3, 0.4) is 0 Å². The molecule has 1 rings (SSSR count). The van der Waals surface area contributed by atoms with Crippen molar-refractivity contribution in [3.63, 3.8) is 0 Å². The summed E-state index contributed by atoms with van der Waals surface area (Å²) in [6.45, 7) is 4.62. The van der Waals surface area contributed by atoms with E-state index in [9.17, 15) is 9.90 Å². The Balaban J connectivity index is 2.50. The third-order valence-electron chi connectivity index (χ3n) is 2.91. The Kier molecular flexibility index (Phi) is 6.98. The molecular weight excluding hydrogens is 272 g/mol. The quantitative estimate of drug-likeness (QED) is 0.685. The van der Waals surface area contributed by atoms with Crippen LogP contribution < -0.4 is 15.4 Å². The molecule has 1 aromatic carbocycles. The maximum absolute atomic E-state index is 11.9. The number of hydrogen-bond acceptors (Lipinski definition) is 4. The molecule has 0 aliphatic rings. The summed E-state index contributed by atoms with van der Waals surface area (Å²) in [5.74, 6) is 0.612. The van der Waals surface area contributed by atoms with Crippen molar-refractivity contribution in [2.75, 3.05) is 32.2 Å². The van der Waals surface area contributed by atoms with Crippen LogP contribution in [0.25, 0.3) is 0 Å². The van der Waals surface area contributed by atoms with E-state index in [1.54, 1.807) is 26.2 Å². The van der Waals surface area contributed by atoms with E-state index in [1.165, 1.54) is 0 Å². The number of aliphatic hydroxyl groups is 1. The minimum atomic E-state index is -1.01. The van der Waals surface area contributed by atoms with Crippen LogP contribution in [0.1, 0.15) is 20.3 Å². The molecule has 0 aromatic heterocycles. The van der Waals surface area contributed by atoms with E-state index in [0.717, 1.165) is 0 Å². The van der Waals surface area contributed by atoms with E-state index < -0.39 is 5.60 Å². The normalized spacial score (nSPS) is 13.3. The fourth-order valence-corrected chi connectivity index (χ4v) is 1.70. The van der Waals surface area contributed by atoms with Crippen molar-refractivity contribution in [1.82, 2.24) is 5.32 Å². The van der Waals surface area contributed by atoms with Crippen molar-refractivity contribution >= 4 is 11.7 Å². The molecule has 0 aliphatic carbocycles. The molecule has 1 atom stereocenters. The second kappa shape index (κ2) is 8.49. The van der Waals surface area contributed by atoms with Crippen molar-refractivity contribution in [1.29, 1.82) is 0 Å². The van der Waals surface area contributed by atoms with Crippen LogP contribution in [-0.4, -0.2) is 43.6 Å². The first-order valence-corrected chi connectivity index (χ1v) is 6.96. The Morgan fingerprint density at radius 2 is 2.10 bits per heavy atom. The number of benzene rings is 1. The first-order valence-electron chi connectivity index (χ1n) is 6.96. The van der Waals surface area contributed by atoms with Gasteiger partial charge in [-0.25, -0.2) is 4.79 Å². The summed E-state index contributed by atoms with van der Waals surface area (Å²) in [6.07, 6.45) is 0.444. The summed E-state index contributed by atoms with van der Waals surface area (Å²) < 4.78 is 10.3. The molecule has 0 fully saturated rings. The number of rotatable bonds is 8. The molecule has 0 radical (unpaired) electrons. The average molecular weight is 296 g/mol. The molecule has 0 aliphatic heterocycles. The zero-order valence-electron chi connectivity index (χ0n) is 12.8. The number of methoxy groups -OCH3 is 1. The van der Waals surface area contributed by atoms with E-state index in [1.807, 2.05) is 19.1 Å². The lowest BCUT2D eigenvalue weighted by Gasteiger charge is -2.23. The zero-order chi connectivity index (χ0) is 15.7. The lowest BCUT2D eigenvalue weighted by Crippen LogP contribution is -2.43. The van der Waals surface area contributed by atoms with Gasteiger partial charge in [0.2, 0.25) is 0 Å². The highest BCUT2D eigenvalue weighted by molar-refractivity contribution is 5.90. The molecule has 1 unspecified atom stereocenters. The van der Waals surface area contributed by atoms with Crippen molar-refractivity contribution in [2.24, 2.45) is 0 Å². The van der Waals surface area contributed by atoms with Gasteiger partial charge in [0.1, 0.15) is 5.75 Å². The second-order valence-electron chi connectivity index (χ2n) is 4.98. The number of carbonyl (C=O) groups is 1. The standard InChI is InChI=1S/C15H24N2O4/c1-4-21-13-8-6-5-7-12(13)17-14(18)16-11-15(2,19)9-10-20-3/h5-8,19H,4,9-11H2,1-3H3,(H2,16,17,18). The van der Waals surface area contributed by atoms with Crippen LogP contribution in [-0.2, 0) is 4.74 Å². The number of hydrogen-bond donors (Lipinski definition) is 3. The molecule has 1 aromatic rings. The molecule has 0 spiro atoms. The molecule has 2 amide bonds. The van der Waals surface area contributed by atoms with Crippen LogP contribution in [0.15, 0.2) is 24.3 Å². The van der Waals surface area contributed by atoms with Gasteiger partial charge in [-0.05, 0) is 26.0 Å². The van der Waals surface area contributed by atoms with E-state index in [-0.39, 0.29) is 12.6 Å². The van der Waals surface area contributed by atoms with Crippen LogP contribution in [0.4, 0.5) is 10.5 Å². The minimum Gasteiger partial charge on any atom is -0.492 e. The van der Waals surface area contributed by atoms with Crippen molar-refractivity contribution in [3.05, 3.63) is 24.3 Å². The molecule has 0 saturated heterocycles. The van der Waals surface area contributed by atoms with E-state index in [0.29, 0.717) is 31.1 Å². The highest BCUT2D eigenvalue weighted by Crippen LogP contribution is 2.23. The molecule has 21 heavy (non-hydrogen) atoms. The van der Waals surface area contributed by atoms with Crippen LogP contribution in [0.2, 0.25) is 0 Å². The number of nitrogens with one attached hydrogen (secondary N) is 2. The number of urea groups is 1. The van der Waals surface area contributed by atoms with Gasteiger partial charge in [-0.1, -0.05) is 12.1 Å². The Morgan fingerprint density at radius 3 is 2.76 bits per heavy atom. The van der Waals surface area contributed by atoms with Gasteiger partial charge in [0.05, 0.1) is 17.9 Å². The SMILES string of the molecule is CCOc1ccccc1NC(=O)NCC(C)(O)CCOC. The Morgan fingerprint density at radius 1 is 1.38 bits per heavy atom. The third kappa shape index (κ3) is 6.46. The van der Waals surface area contributed by atoms with Crippen molar-refractivity contribution in [3.8, 4) is 5.75 Å². The lowest BCUT2D eigenvalue weighted by molar-refractivity contribution is 0.0273. The van der Waals surface area contributed by atoms with Crippen molar-refractivity contribution in [2.45, 2.75) is 25.9 Å². The van der Waals surface area contributed by atoms with E-state index >= 15 is 0 Å². The van der Waals surface area contributed by atoms with Gasteiger partial charge in [0, 0.05) is 26.7 Å². The fraction of sp³-hybridized carbons (Fsp3) is 0.533. The molecule has 3 N–H and O–H groups in total. The monoisotopic (exact) mass is 296 g/mol. The third-order valence-corrected chi connectivity index (χ3v) is 2.91. The molecular formula is C15H24N2O4. The largest absolute Gasteiger partial charge is 0.492 e. The predicted molar refractivity (Wildman–Crippen MR) is 81.7 cm³/mol. The number of carbonyl (C=O) groups excluding carboxylic acids is 1. The smallest absolute Gasteiger partial charge is 0.319 e. The van der Waals surface area contributed by atoms with Gasteiger partial charge in [-0.2, -0.15) is 0 Å². The Labute approximate surface area is 125 Å². The van der Waals surface area contributed by atoms with Gasteiger partial charge in [-0.15, -0.1) is 0 Å². The van der Waals surface area contributed by atoms with Gasteiger partial charge in [0.25, 0.3) is 0 Å². The molecule has 6 heteroatoms. The first kappa shape index (κ1) is 17.3. The Bertz CT molecular complexity index is 449. The second-order valence-corrected chi connectivity index (χ2v) is 4.98.